The van der Waals surface area contributed by atoms with Crippen molar-refractivity contribution in [2.75, 3.05) is 0 Å². The van der Waals surface area contributed by atoms with Crippen LogP contribution in [0, 0.1) is 0 Å². The number of fused-ring (bicyclic) bond motifs is 1. The molecule has 2 aromatic heterocycles. The fourth-order valence-corrected chi connectivity index (χ4v) is 4.61. The highest BCUT2D eigenvalue weighted by Gasteiger charge is 2.23. The summed E-state index contributed by atoms with van der Waals surface area (Å²) in [5, 5.41) is 10.0. The molecule has 0 saturated carbocycles. The Bertz CT molecular complexity index is 1530. The van der Waals surface area contributed by atoms with Crippen LogP contribution in [0.2, 0.25) is 0 Å². The smallest absolute Gasteiger partial charge is 0.139 e. The summed E-state index contributed by atoms with van der Waals surface area (Å²) in [4.78, 5) is 4.78. The van der Waals surface area contributed by atoms with Gasteiger partial charge in [0.15, 0.2) is 0 Å². The molecule has 0 unspecified atom stereocenters. The number of hydrogen-bond donors (Lipinski definition) is 0. The van der Waals surface area contributed by atoms with E-state index in [2.05, 4.69) is 54.6 Å². The fraction of sp³-hybridized carbons (Fsp3) is 0. The van der Waals surface area contributed by atoms with Gasteiger partial charge in [0, 0.05) is 22.5 Å². The van der Waals surface area contributed by atoms with Crippen LogP contribution in [-0.2, 0) is 0 Å². The van der Waals surface area contributed by atoms with E-state index in [0.717, 1.165) is 22.2 Å². The number of benzene rings is 4. The molecule has 0 fully saturated rings. The van der Waals surface area contributed by atoms with Crippen molar-refractivity contribution < 1.29 is 4.42 Å². The van der Waals surface area contributed by atoms with Crippen LogP contribution < -0.4 is 0 Å². The zero-order chi connectivity index (χ0) is 16.1. The summed E-state index contributed by atoms with van der Waals surface area (Å²) in [6.07, 6.45) is 1.85. The van der Waals surface area contributed by atoms with Crippen molar-refractivity contribution in [2.45, 2.75) is 0 Å². The molecule has 0 bridgehead atoms. The van der Waals surface area contributed by atoms with Crippen LogP contribution in [0.5, 0.6) is 0 Å². The highest BCUT2D eigenvalue weighted by atomic mass is 16.3. The van der Waals surface area contributed by atoms with Crippen molar-refractivity contribution in [3.8, 4) is 11.3 Å². The van der Waals surface area contributed by atoms with Gasteiger partial charge in [0.25, 0.3) is 0 Å². The molecule has 0 amide bonds. The molecule has 4 aromatic carbocycles. The number of pyridine rings is 1. The van der Waals surface area contributed by atoms with E-state index >= 15 is 0 Å². The number of rotatable bonds is 0. The Balaban J connectivity index is 2.06. The molecule has 2 nitrogen and oxygen atoms in total. The second kappa shape index (κ2) is 3.81. The minimum Gasteiger partial charge on any atom is -0.456 e. The Morgan fingerprint density at radius 3 is 2.08 bits per heavy atom. The predicted molar refractivity (Wildman–Crippen MR) is 103 cm³/mol. The standard InChI is InChI=1S/C23H11NO/c1-2-12-4-5-13-6-7-14-8-9-16-21-20(14)19(13)18(12)15(3-1)23-22(21)17(25-16)10-11-24-23/h1-11H. The first-order chi connectivity index (χ1) is 12.4. The zero-order valence-electron chi connectivity index (χ0n) is 13.2. The van der Waals surface area contributed by atoms with Crippen molar-refractivity contribution in [3.63, 3.8) is 0 Å². The quantitative estimate of drug-likeness (QED) is 0.302. The zero-order valence-corrected chi connectivity index (χ0v) is 13.2. The van der Waals surface area contributed by atoms with Crippen LogP contribution in [0.15, 0.2) is 71.3 Å². The molecule has 1 aliphatic carbocycles. The number of hydrogen-bond acceptors (Lipinski definition) is 2. The third kappa shape index (κ3) is 1.25. The lowest BCUT2D eigenvalue weighted by Crippen LogP contribution is -1.86. The van der Waals surface area contributed by atoms with Gasteiger partial charge in [-0.2, -0.15) is 0 Å². The van der Waals surface area contributed by atoms with Gasteiger partial charge in [0.05, 0.1) is 11.1 Å². The SMILES string of the molecule is c1cc2c3c(c1)ccc1ccc4ccc5oc6ccnc-2c6c5c4c13. The maximum absolute atomic E-state index is 6.18. The lowest BCUT2D eigenvalue weighted by atomic mass is 9.94. The molecule has 7 rings (SSSR count). The Labute approximate surface area is 142 Å². The molecule has 0 spiro atoms. The minimum absolute atomic E-state index is 0.911. The van der Waals surface area contributed by atoms with E-state index < -0.39 is 0 Å². The predicted octanol–water partition coefficient (Wildman–Crippen LogP) is 6.42. The molecular weight excluding hydrogens is 306 g/mol. The largest absolute Gasteiger partial charge is 0.456 e. The van der Waals surface area contributed by atoms with Gasteiger partial charge in [-0.15, -0.1) is 0 Å². The Morgan fingerprint density at radius 2 is 1.24 bits per heavy atom. The summed E-state index contributed by atoms with van der Waals surface area (Å²) in [7, 11) is 0. The first-order valence-corrected chi connectivity index (χ1v) is 8.49. The molecule has 0 radical (unpaired) electrons. The van der Waals surface area contributed by atoms with Crippen LogP contribution in [-0.4, -0.2) is 4.98 Å². The summed E-state index contributed by atoms with van der Waals surface area (Å²) in [5.41, 5.74) is 4.07. The van der Waals surface area contributed by atoms with Crippen LogP contribution in [0.1, 0.15) is 0 Å². The summed E-state index contributed by atoms with van der Waals surface area (Å²) < 4.78 is 6.18. The monoisotopic (exact) mass is 317 g/mol. The van der Waals surface area contributed by atoms with Gasteiger partial charge >= 0.3 is 0 Å². The maximum Gasteiger partial charge on any atom is 0.139 e. The molecule has 1 aliphatic rings. The van der Waals surface area contributed by atoms with Crippen LogP contribution in [0.3, 0.4) is 0 Å². The minimum atomic E-state index is 0.911. The van der Waals surface area contributed by atoms with Crippen LogP contribution in [0.4, 0.5) is 0 Å². The second-order valence-corrected chi connectivity index (χ2v) is 6.80. The molecule has 0 N–H and O–H groups in total. The van der Waals surface area contributed by atoms with Gasteiger partial charge < -0.3 is 4.42 Å². The third-order valence-corrected chi connectivity index (χ3v) is 5.61. The average Bonchev–Trinajstić information content (AvgIpc) is 2.99. The summed E-state index contributed by atoms with van der Waals surface area (Å²) in [6.45, 7) is 0. The van der Waals surface area contributed by atoms with Crippen LogP contribution >= 0.6 is 0 Å². The number of nitrogens with zero attached hydrogens (tertiary/aromatic N) is 1. The van der Waals surface area contributed by atoms with Gasteiger partial charge in [-0.1, -0.05) is 48.5 Å². The molecule has 0 saturated heterocycles. The Kier molecular flexibility index (Phi) is 1.84. The third-order valence-electron chi connectivity index (χ3n) is 5.61. The Hall–Kier alpha value is -3.39. The first kappa shape index (κ1) is 12.0. The molecule has 25 heavy (non-hydrogen) atoms. The van der Waals surface area contributed by atoms with Crippen molar-refractivity contribution in [2.24, 2.45) is 0 Å². The lowest BCUT2D eigenvalue weighted by molar-refractivity contribution is 0.669. The Morgan fingerprint density at radius 1 is 0.560 bits per heavy atom. The van der Waals surface area contributed by atoms with E-state index in [1.165, 1.54) is 43.3 Å². The number of aromatic nitrogens is 1. The number of furan rings is 1. The van der Waals surface area contributed by atoms with Gasteiger partial charge in [-0.3, -0.25) is 4.98 Å². The molecule has 0 aliphatic heterocycles. The normalized spacial score (nSPS) is 12.8. The highest BCUT2D eigenvalue weighted by molar-refractivity contribution is 6.36. The molecule has 6 aromatic rings. The van der Waals surface area contributed by atoms with E-state index in [4.69, 9.17) is 9.40 Å². The molecule has 0 atom stereocenters. The summed E-state index contributed by atoms with van der Waals surface area (Å²) in [5.74, 6) is 0. The lowest BCUT2D eigenvalue weighted by Gasteiger charge is -2.10. The molecule has 2 heteroatoms. The van der Waals surface area contributed by atoms with E-state index in [1.54, 1.807) is 0 Å². The highest BCUT2D eigenvalue weighted by Crippen LogP contribution is 2.48. The van der Waals surface area contributed by atoms with Gasteiger partial charge in [0.2, 0.25) is 0 Å². The van der Waals surface area contributed by atoms with E-state index in [-0.39, 0.29) is 0 Å². The molecule has 114 valence electrons. The molecular formula is C23H11NO. The average molecular weight is 317 g/mol. The second-order valence-electron chi connectivity index (χ2n) is 6.80. The maximum atomic E-state index is 6.18. The molecule has 2 heterocycles. The van der Waals surface area contributed by atoms with Crippen molar-refractivity contribution in [1.29, 1.82) is 0 Å². The fourth-order valence-electron chi connectivity index (χ4n) is 4.61. The van der Waals surface area contributed by atoms with Crippen molar-refractivity contribution in [3.05, 3.63) is 66.9 Å². The topological polar surface area (TPSA) is 26.0 Å². The van der Waals surface area contributed by atoms with Crippen molar-refractivity contribution >= 4 is 54.3 Å². The van der Waals surface area contributed by atoms with Gasteiger partial charge in [-0.25, -0.2) is 0 Å². The van der Waals surface area contributed by atoms with E-state index in [0.29, 0.717) is 0 Å². The first-order valence-electron chi connectivity index (χ1n) is 8.49. The van der Waals surface area contributed by atoms with E-state index in [9.17, 15) is 0 Å². The van der Waals surface area contributed by atoms with Gasteiger partial charge in [-0.05, 0) is 39.1 Å². The van der Waals surface area contributed by atoms with Crippen molar-refractivity contribution in [1.82, 2.24) is 4.98 Å². The summed E-state index contributed by atoms with van der Waals surface area (Å²) >= 11 is 0. The summed E-state index contributed by atoms with van der Waals surface area (Å²) in [6, 6.07) is 21.6. The van der Waals surface area contributed by atoms with Gasteiger partial charge in [0.1, 0.15) is 11.2 Å². The van der Waals surface area contributed by atoms with E-state index in [1.807, 2.05) is 12.3 Å². The van der Waals surface area contributed by atoms with Crippen LogP contribution in [0.25, 0.3) is 65.5 Å².